The first-order valence-corrected chi connectivity index (χ1v) is 17.2. The number of aromatic nitrogens is 2. The van der Waals surface area contributed by atoms with Gasteiger partial charge in [0.15, 0.2) is 0 Å². The minimum absolute atomic E-state index is 0.112. The number of ether oxygens (including phenoxy) is 2. The number of halogens is 2. The Morgan fingerprint density at radius 3 is 1.40 bits per heavy atom. The maximum Gasteiger partial charge on any atom is 0.315 e. The summed E-state index contributed by atoms with van der Waals surface area (Å²) in [5.74, 6) is 1.05. The molecule has 6 heterocycles. The average molecular weight is 716 g/mol. The number of carbonyl (C=O) groups is 2. The van der Waals surface area contributed by atoms with Gasteiger partial charge in [-0.2, -0.15) is 0 Å². The van der Waals surface area contributed by atoms with Crippen LogP contribution in [0.4, 0.5) is 9.59 Å². The van der Waals surface area contributed by atoms with Crippen LogP contribution in [0.15, 0.2) is 60.7 Å². The second-order valence-corrected chi connectivity index (χ2v) is 14.3. The molecule has 4 aromatic rings. The maximum absolute atomic E-state index is 11.6. The summed E-state index contributed by atoms with van der Waals surface area (Å²) in [7, 11) is 3.23. The number of likely N-dealkylation sites (tertiary alicyclic amines) is 2. The Bertz CT molecular complexity index is 1870. The molecule has 0 aliphatic carbocycles. The number of amides is 4. The highest BCUT2D eigenvalue weighted by molar-refractivity contribution is 6.39. The summed E-state index contributed by atoms with van der Waals surface area (Å²) in [5.41, 5.74) is 5.92. The summed E-state index contributed by atoms with van der Waals surface area (Å²) in [4.78, 5) is 37.5. The lowest BCUT2D eigenvalue weighted by molar-refractivity contribution is 0.0585. The van der Waals surface area contributed by atoms with Gasteiger partial charge in [0.1, 0.15) is 0 Å². The van der Waals surface area contributed by atoms with Gasteiger partial charge in [0.05, 0.1) is 46.7 Å². The summed E-state index contributed by atoms with van der Waals surface area (Å²) in [6, 6.07) is 19.3. The van der Waals surface area contributed by atoms with Crippen LogP contribution < -0.4 is 30.7 Å². The van der Waals surface area contributed by atoms with Crippen molar-refractivity contribution in [3.63, 3.8) is 0 Å². The normalized spacial score (nSPS) is 19.0. The number of pyridine rings is 2. The lowest BCUT2D eigenvalue weighted by Crippen LogP contribution is -2.68. The number of nitrogens with one attached hydrogen (secondary N) is 4. The van der Waals surface area contributed by atoms with Crippen LogP contribution in [0.1, 0.15) is 11.1 Å². The first-order chi connectivity index (χ1) is 24.2. The van der Waals surface area contributed by atoms with Gasteiger partial charge in [0, 0.05) is 85.7 Å². The zero-order valence-corrected chi connectivity index (χ0v) is 29.1. The van der Waals surface area contributed by atoms with E-state index >= 15 is 0 Å². The summed E-state index contributed by atoms with van der Waals surface area (Å²) in [6.07, 6.45) is 0. The van der Waals surface area contributed by atoms with Crippen LogP contribution in [-0.2, 0) is 13.1 Å². The first kappa shape index (κ1) is 32.6. The monoisotopic (exact) mass is 714 g/mol. The van der Waals surface area contributed by atoms with E-state index in [4.69, 9.17) is 42.6 Å². The molecule has 12 nitrogen and oxygen atoms in total. The number of benzene rings is 2. The number of carbonyl (C=O) groups excluding carboxylic acids is 2. The van der Waals surface area contributed by atoms with Crippen molar-refractivity contribution in [1.82, 2.24) is 41.0 Å². The number of hydrogen-bond donors (Lipinski definition) is 4. The molecule has 0 unspecified atom stereocenters. The maximum atomic E-state index is 11.6. The molecule has 4 N–H and O–H groups in total. The largest absolute Gasteiger partial charge is 0.481 e. The van der Waals surface area contributed by atoms with E-state index in [1.54, 1.807) is 14.2 Å². The molecular formula is C36H36Cl2N8O4. The molecule has 4 saturated heterocycles. The molecule has 4 amide bonds. The second kappa shape index (κ2) is 12.6. The minimum atomic E-state index is -0.191. The van der Waals surface area contributed by atoms with Crippen LogP contribution in [0.3, 0.4) is 0 Å². The van der Waals surface area contributed by atoms with E-state index in [2.05, 4.69) is 31.1 Å². The third-order valence-electron chi connectivity index (χ3n) is 9.93. The van der Waals surface area contributed by atoms with Crippen molar-refractivity contribution in [2.45, 2.75) is 24.2 Å². The number of nitrogens with zero attached hydrogens (tertiary/aromatic N) is 4. The van der Waals surface area contributed by atoms with E-state index in [-0.39, 0.29) is 23.1 Å². The van der Waals surface area contributed by atoms with Crippen LogP contribution in [0.2, 0.25) is 10.0 Å². The molecule has 50 heavy (non-hydrogen) atoms. The Morgan fingerprint density at radius 2 is 1.04 bits per heavy atom. The molecule has 8 rings (SSSR count). The zero-order chi connectivity index (χ0) is 34.6. The minimum Gasteiger partial charge on any atom is -0.481 e. The Balaban J connectivity index is 1.01. The molecule has 4 fully saturated rings. The van der Waals surface area contributed by atoms with Crippen molar-refractivity contribution in [3.8, 4) is 45.4 Å². The number of rotatable bonds is 9. The topological polar surface area (TPSA) is 133 Å². The van der Waals surface area contributed by atoms with Crippen molar-refractivity contribution in [1.29, 1.82) is 0 Å². The summed E-state index contributed by atoms with van der Waals surface area (Å²) in [6.45, 7) is 5.62. The third kappa shape index (κ3) is 5.85. The number of methoxy groups -OCH3 is 2. The van der Waals surface area contributed by atoms with Crippen LogP contribution in [-0.4, -0.2) is 96.4 Å². The molecule has 0 radical (unpaired) electrons. The molecule has 2 spiro atoms. The van der Waals surface area contributed by atoms with Crippen LogP contribution in [0.25, 0.3) is 33.6 Å². The lowest BCUT2D eigenvalue weighted by atomic mass is 9.90. The molecule has 0 atom stereocenters. The highest BCUT2D eigenvalue weighted by atomic mass is 35.5. The standard InChI is InChI=1S/C36H36Cl2N8O4/c1-49-31-21(13-45-17-35(18-45)15-39-33(47)43-35)9-11-27(41-31)25-7-3-5-23(29(25)37)24-6-4-8-26(30(24)38)28-12-10-22(32(42-28)50-2)14-46-19-36(20-46)16-40-34(48)44-36/h3-12H,13-20H2,1-2H3,(H2,39,43,47)(H2,40,44,48). The fourth-order valence-corrected chi connectivity index (χ4v) is 8.22. The van der Waals surface area contributed by atoms with Crippen LogP contribution in [0, 0.1) is 0 Å². The fourth-order valence-electron chi connectivity index (χ4n) is 7.57. The second-order valence-electron chi connectivity index (χ2n) is 13.5. The third-order valence-corrected chi connectivity index (χ3v) is 10.7. The highest BCUT2D eigenvalue weighted by Crippen LogP contribution is 2.43. The summed E-state index contributed by atoms with van der Waals surface area (Å²) < 4.78 is 11.4. The smallest absolute Gasteiger partial charge is 0.315 e. The molecule has 4 aliphatic heterocycles. The molecule has 258 valence electrons. The molecule has 0 saturated carbocycles. The number of urea groups is 2. The zero-order valence-electron chi connectivity index (χ0n) is 27.6. The van der Waals surface area contributed by atoms with Gasteiger partial charge in [0.2, 0.25) is 11.8 Å². The van der Waals surface area contributed by atoms with Gasteiger partial charge in [-0.05, 0) is 12.1 Å². The van der Waals surface area contributed by atoms with E-state index in [0.29, 0.717) is 59.4 Å². The molecular weight excluding hydrogens is 679 g/mol. The van der Waals surface area contributed by atoms with Crippen LogP contribution >= 0.6 is 23.2 Å². The van der Waals surface area contributed by atoms with E-state index in [1.807, 2.05) is 60.7 Å². The Morgan fingerprint density at radius 1 is 0.640 bits per heavy atom. The quantitative estimate of drug-likeness (QED) is 0.199. The highest BCUT2D eigenvalue weighted by Gasteiger charge is 2.48. The van der Waals surface area contributed by atoms with Crippen molar-refractivity contribution >= 4 is 35.3 Å². The number of hydrogen-bond acceptors (Lipinski definition) is 8. The fraction of sp³-hybridized carbons (Fsp3) is 0.333. The first-order valence-electron chi connectivity index (χ1n) is 16.4. The van der Waals surface area contributed by atoms with Crippen molar-refractivity contribution in [2.24, 2.45) is 0 Å². The Labute approximate surface area is 299 Å². The summed E-state index contributed by atoms with van der Waals surface area (Å²) in [5, 5.41) is 12.8. The van der Waals surface area contributed by atoms with E-state index in [1.165, 1.54) is 0 Å². The van der Waals surface area contributed by atoms with Gasteiger partial charge in [0.25, 0.3) is 0 Å². The van der Waals surface area contributed by atoms with Gasteiger partial charge in [-0.15, -0.1) is 0 Å². The molecule has 0 bridgehead atoms. The van der Waals surface area contributed by atoms with Gasteiger partial charge < -0.3 is 30.7 Å². The average Bonchev–Trinajstić information content (AvgIpc) is 3.68. The Kier molecular flexibility index (Phi) is 8.22. The van der Waals surface area contributed by atoms with Gasteiger partial charge >= 0.3 is 12.1 Å². The summed E-state index contributed by atoms with van der Waals surface area (Å²) >= 11 is 14.2. The lowest BCUT2D eigenvalue weighted by Gasteiger charge is -2.47. The van der Waals surface area contributed by atoms with Gasteiger partial charge in [-0.3, -0.25) is 9.80 Å². The van der Waals surface area contributed by atoms with Crippen molar-refractivity contribution in [3.05, 3.63) is 81.8 Å². The van der Waals surface area contributed by atoms with E-state index < -0.39 is 0 Å². The molecule has 2 aromatic heterocycles. The van der Waals surface area contributed by atoms with Crippen molar-refractivity contribution in [2.75, 3.05) is 53.5 Å². The van der Waals surface area contributed by atoms with Crippen molar-refractivity contribution < 1.29 is 19.1 Å². The molecule has 14 heteroatoms. The van der Waals surface area contributed by atoms with Crippen LogP contribution in [0.5, 0.6) is 11.8 Å². The predicted octanol–water partition coefficient (Wildman–Crippen LogP) is 4.54. The van der Waals surface area contributed by atoms with E-state index in [0.717, 1.165) is 59.6 Å². The van der Waals surface area contributed by atoms with Gasteiger partial charge in [-0.1, -0.05) is 71.7 Å². The van der Waals surface area contributed by atoms with E-state index in [9.17, 15) is 9.59 Å². The predicted molar refractivity (Wildman–Crippen MR) is 191 cm³/mol. The SMILES string of the molecule is COc1nc(-c2cccc(-c3cccc(-c4ccc(CN5CC6(CNC(=O)N6)C5)c(OC)n4)c3Cl)c2Cl)ccc1CN1CC2(CNC(=O)N2)C1. The Hall–Kier alpha value is -4.62. The molecule has 2 aromatic carbocycles. The molecule has 4 aliphatic rings. The van der Waals surface area contributed by atoms with Gasteiger partial charge in [-0.25, -0.2) is 19.6 Å².